The predicted molar refractivity (Wildman–Crippen MR) is 115 cm³/mol. The molecule has 1 fully saturated rings. The Hall–Kier alpha value is -2.38. The van der Waals surface area contributed by atoms with Crippen LogP contribution in [0.1, 0.15) is 50.7 Å². The number of benzene rings is 1. The largest absolute Gasteiger partial charge is 0.488 e. The van der Waals surface area contributed by atoms with Crippen LogP contribution in [0.5, 0.6) is 5.75 Å². The van der Waals surface area contributed by atoms with Gasteiger partial charge in [-0.3, -0.25) is 0 Å². The molecule has 2 aliphatic carbocycles. The van der Waals surface area contributed by atoms with Crippen LogP contribution in [0.25, 0.3) is 11.3 Å². The number of hydrogen-bond donors (Lipinski definition) is 4. The highest BCUT2D eigenvalue weighted by atomic mass is 16.5. The van der Waals surface area contributed by atoms with Crippen LogP contribution >= 0.6 is 0 Å². The van der Waals surface area contributed by atoms with E-state index in [0.29, 0.717) is 12.4 Å². The van der Waals surface area contributed by atoms with E-state index in [0.717, 1.165) is 65.9 Å². The number of hydrogen-bond acceptors (Lipinski definition) is 7. The van der Waals surface area contributed by atoms with Gasteiger partial charge in [0, 0.05) is 23.7 Å². The third-order valence-corrected chi connectivity index (χ3v) is 6.13. The molecule has 7 heteroatoms. The predicted octanol–water partition coefficient (Wildman–Crippen LogP) is 2.61. The van der Waals surface area contributed by atoms with E-state index in [2.05, 4.69) is 35.2 Å². The van der Waals surface area contributed by atoms with Crippen molar-refractivity contribution in [3.8, 4) is 17.0 Å². The Morgan fingerprint density at radius 1 is 1.21 bits per heavy atom. The molecule has 4 rings (SSSR count). The van der Waals surface area contributed by atoms with Crippen LogP contribution < -0.4 is 21.5 Å². The van der Waals surface area contributed by atoms with E-state index >= 15 is 0 Å². The quantitative estimate of drug-likeness (QED) is 0.612. The Morgan fingerprint density at radius 2 is 1.97 bits per heavy atom. The minimum atomic E-state index is -0.209. The number of aliphatic hydroxyl groups excluding tert-OH is 1. The minimum Gasteiger partial charge on any atom is -0.488 e. The fourth-order valence-electron chi connectivity index (χ4n) is 4.69. The second kappa shape index (κ2) is 7.80. The molecule has 6 N–H and O–H groups in total. The zero-order chi connectivity index (χ0) is 20.6. The molecule has 0 atom stereocenters. The Kier molecular flexibility index (Phi) is 5.36. The Morgan fingerprint density at radius 3 is 2.69 bits per heavy atom. The smallest absolute Gasteiger partial charge is 0.143 e. The summed E-state index contributed by atoms with van der Waals surface area (Å²) in [6, 6.07) is 4.37. The monoisotopic (exact) mass is 397 g/mol. The number of fused-ring (bicyclic) bond motifs is 3. The molecule has 1 aromatic heterocycles. The van der Waals surface area contributed by atoms with Crippen LogP contribution in [-0.2, 0) is 11.8 Å². The van der Waals surface area contributed by atoms with Crippen LogP contribution in [0.3, 0.4) is 0 Å². The summed E-state index contributed by atoms with van der Waals surface area (Å²) in [5.74, 6) is 1.37. The van der Waals surface area contributed by atoms with Gasteiger partial charge in [0.05, 0.1) is 24.1 Å². The normalized spacial score (nSPS) is 22.5. The molecule has 0 unspecified atom stereocenters. The first-order valence-corrected chi connectivity index (χ1v) is 10.4. The number of nitrogens with two attached hydrogens (primary N) is 2. The maximum Gasteiger partial charge on any atom is 0.143 e. The van der Waals surface area contributed by atoms with Crippen LogP contribution in [-0.4, -0.2) is 40.4 Å². The number of nitrogen functional groups attached to an aromatic ring is 1. The zero-order valence-corrected chi connectivity index (χ0v) is 17.2. The second-order valence-electron chi connectivity index (χ2n) is 8.81. The van der Waals surface area contributed by atoms with E-state index in [4.69, 9.17) is 16.2 Å². The van der Waals surface area contributed by atoms with Gasteiger partial charge in [-0.15, -0.1) is 0 Å². The number of aromatic nitrogens is 2. The van der Waals surface area contributed by atoms with E-state index in [1.807, 2.05) is 6.07 Å². The summed E-state index contributed by atoms with van der Waals surface area (Å²) in [6.07, 6.45) is 6.40. The van der Waals surface area contributed by atoms with Crippen LogP contribution in [0.2, 0.25) is 0 Å². The molecular formula is C22H31N5O2. The Labute approximate surface area is 171 Å². The van der Waals surface area contributed by atoms with Gasteiger partial charge in [-0.05, 0) is 55.2 Å². The average Bonchev–Trinajstić information content (AvgIpc) is 2.68. The van der Waals surface area contributed by atoms with Gasteiger partial charge in [-0.1, -0.05) is 13.8 Å². The van der Waals surface area contributed by atoms with Crippen LogP contribution in [0.4, 0.5) is 11.5 Å². The minimum absolute atomic E-state index is 0.0521. The fourth-order valence-corrected chi connectivity index (χ4v) is 4.69. The van der Waals surface area contributed by atoms with Crippen molar-refractivity contribution in [2.75, 3.05) is 24.2 Å². The number of ether oxygens (including phenoxy) is 1. The lowest BCUT2D eigenvalue weighted by Gasteiger charge is -2.36. The molecule has 0 spiro atoms. The number of anilines is 2. The highest BCUT2D eigenvalue weighted by molar-refractivity contribution is 5.82. The standard InChI is InChI=1S/C22H31N5O2/c1-22(2)11-16-15(20-18(22)21(24)27-12-26-20)7-8-17(19(16)25-9-10-28)29-14-5-3-13(23)4-6-14/h7-8,12-14,25,28H,3-6,9-11,23H2,1-2H3,(H2,24,26,27). The number of rotatable bonds is 5. The molecule has 156 valence electrons. The van der Waals surface area contributed by atoms with Gasteiger partial charge in [0.25, 0.3) is 0 Å². The molecular weight excluding hydrogens is 366 g/mol. The van der Waals surface area contributed by atoms with Gasteiger partial charge in [-0.2, -0.15) is 0 Å². The molecule has 0 amide bonds. The maximum absolute atomic E-state index is 9.42. The molecule has 0 radical (unpaired) electrons. The van der Waals surface area contributed by atoms with Gasteiger partial charge < -0.3 is 26.6 Å². The fraction of sp³-hybridized carbons (Fsp3) is 0.545. The van der Waals surface area contributed by atoms with Crippen molar-refractivity contribution in [2.45, 2.75) is 63.5 Å². The molecule has 1 saturated carbocycles. The topological polar surface area (TPSA) is 119 Å². The third kappa shape index (κ3) is 3.76. The van der Waals surface area contributed by atoms with Gasteiger partial charge in [0.1, 0.15) is 17.9 Å². The first-order chi connectivity index (χ1) is 13.9. The van der Waals surface area contributed by atoms with Crippen molar-refractivity contribution in [1.82, 2.24) is 9.97 Å². The molecule has 0 aliphatic heterocycles. The summed E-state index contributed by atoms with van der Waals surface area (Å²) in [6.45, 7) is 4.85. The number of nitrogens with zero attached hydrogens (tertiary/aromatic N) is 2. The molecule has 2 aromatic rings. The summed E-state index contributed by atoms with van der Waals surface area (Å²) in [4.78, 5) is 8.79. The van der Waals surface area contributed by atoms with Crippen molar-refractivity contribution < 1.29 is 9.84 Å². The third-order valence-electron chi connectivity index (χ3n) is 6.13. The molecule has 2 aliphatic rings. The zero-order valence-electron chi connectivity index (χ0n) is 17.2. The van der Waals surface area contributed by atoms with E-state index in [1.54, 1.807) is 0 Å². The maximum atomic E-state index is 9.42. The van der Waals surface area contributed by atoms with Gasteiger partial charge >= 0.3 is 0 Å². The molecule has 7 nitrogen and oxygen atoms in total. The number of nitrogens with one attached hydrogen (secondary N) is 1. The van der Waals surface area contributed by atoms with E-state index in [9.17, 15) is 5.11 Å². The summed E-state index contributed by atoms with van der Waals surface area (Å²) in [7, 11) is 0. The average molecular weight is 398 g/mol. The van der Waals surface area contributed by atoms with Crippen molar-refractivity contribution in [3.05, 3.63) is 29.6 Å². The lowest BCUT2D eigenvalue weighted by Crippen LogP contribution is -2.32. The summed E-state index contributed by atoms with van der Waals surface area (Å²) in [5.41, 5.74) is 17.1. The first kappa shape index (κ1) is 19.9. The summed E-state index contributed by atoms with van der Waals surface area (Å²) < 4.78 is 6.42. The van der Waals surface area contributed by atoms with E-state index in [1.165, 1.54) is 6.33 Å². The first-order valence-electron chi connectivity index (χ1n) is 10.4. The molecule has 0 bridgehead atoms. The van der Waals surface area contributed by atoms with Crippen molar-refractivity contribution >= 4 is 11.5 Å². The van der Waals surface area contributed by atoms with Crippen molar-refractivity contribution in [1.29, 1.82) is 0 Å². The molecule has 0 saturated heterocycles. The lowest BCUT2D eigenvalue weighted by atomic mass is 9.71. The van der Waals surface area contributed by atoms with Gasteiger partial charge in [-0.25, -0.2) is 9.97 Å². The number of aliphatic hydroxyl groups is 1. The van der Waals surface area contributed by atoms with Gasteiger partial charge in [0.15, 0.2) is 0 Å². The Balaban J connectivity index is 1.77. The van der Waals surface area contributed by atoms with Crippen molar-refractivity contribution in [2.24, 2.45) is 5.73 Å². The highest BCUT2D eigenvalue weighted by Crippen LogP contribution is 2.48. The lowest BCUT2D eigenvalue weighted by molar-refractivity contribution is 0.148. The van der Waals surface area contributed by atoms with Crippen molar-refractivity contribution in [3.63, 3.8) is 0 Å². The summed E-state index contributed by atoms with van der Waals surface area (Å²) in [5, 5.41) is 12.8. The summed E-state index contributed by atoms with van der Waals surface area (Å²) >= 11 is 0. The van der Waals surface area contributed by atoms with E-state index in [-0.39, 0.29) is 24.2 Å². The highest BCUT2D eigenvalue weighted by Gasteiger charge is 2.36. The SMILES string of the molecule is CC1(C)Cc2c(ccc(OC3CCC(N)CC3)c2NCCO)-c2ncnc(N)c21. The van der Waals surface area contributed by atoms with Crippen LogP contribution in [0, 0.1) is 0 Å². The van der Waals surface area contributed by atoms with Crippen LogP contribution in [0.15, 0.2) is 18.5 Å². The van der Waals surface area contributed by atoms with E-state index < -0.39 is 0 Å². The molecule has 1 heterocycles. The molecule has 1 aromatic carbocycles. The second-order valence-corrected chi connectivity index (χ2v) is 8.81. The van der Waals surface area contributed by atoms with Gasteiger partial charge in [0.2, 0.25) is 0 Å². The Bertz CT molecular complexity index is 891. The molecule has 29 heavy (non-hydrogen) atoms.